The minimum absolute atomic E-state index is 0.181. The first-order valence-electron chi connectivity index (χ1n) is 6.76. The van der Waals surface area contributed by atoms with Crippen molar-refractivity contribution in [3.05, 3.63) is 44.8 Å². The van der Waals surface area contributed by atoms with E-state index in [2.05, 4.69) is 34.6 Å². The van der Waals surface area contributed by atoms with Gasteiger partial charge in [-0.3, -0.25) is 4.68 Å². The summed E-state index contributed by atoms with van der Waals surface area (Å²) in [7, 11) is 0. The molecule has 112 valence electrons. The largest absolute Gasteiger partial charge is 0.486 e. The predicted molar refractivity (Wildman–Crippen MR) is 87.7 cm³/mol. The number of carboxylic acids is 1. The van der Waals surface area contributed by atoms with Crippen molar-refractivity contribution in [3.8, 4) is 5.75 Å². The Morgan fingerprint density at radius 1 is 1.38 bits per heavy atom. The Balaban J connectivity index is 2.20. The molecule has 0 aliphatic rings. The lowest BCUT2D eigenvalue weighted by Crippen LogP contribution is -2.08. The fourth-order valence-corrected chi connectivity index (χ4v) is 2.52. The number of carbonyl (C=O) groups is 1. The number of hydrogen-bond acceptors (Lipinski definition) is 3. The van der Waals surface area contributed by atoms with Gasteiger partial charge in [0.25, 0.3) is 0 Å². The third kappa shape index (κ3) is 3.75. The smallest absolute Gasteiger partial charge is 0.339 e. The average Bonchev–Trinajstić information content (AvgIpc) is 2.88. The Hall–Kier alpha value is -1.57. The molecule has 0 aliphatic heterocycles. The number of halogens is 1. The van der Waals surface area contributed by atoms with E-state index in [0.29, 0.717) is 12.4 Å². The fourth-order valence-electron chi connectivity index (χ4n) is 2.02. The van der Waals surface area contributed by atoms with E-state index >= 15 is 0 Å². The lowest BCUT2D eigenvalue weighted by atomic mass is 10.2. The molecule has 2 rings (SSSR count). The number of benzene rings is 1. The number of aryl methyl sites for hydroxylation is 2. The summed E-state index contributed by atoms with van der Waals surface area (Å²) >= 11 is 2.08. The quantitative estimate of drug-likeness (QED) is 0.756. The first kappa shape index (κ1) is 15.8. The zero-order valence-electron chi connectivity index (χ0n) is 12.0. The van der Waals surface area contributed by atoms with Crippen molar-refractivity contribution >= 4 is 28.6 Å². The van der Waals surface area contributed by atoms with Crippen LogP contribution in [-0.2, 0) is 19.6 Å². The number of nitrogens with zero attached hydrogens (tertiary/aromatic N) is 2. The highest BCUT2D eigenvalue weighted by Crippen LogP contribution is 2.22. The van der Waals surface area contributed by atoms with E-state index in [4.69, 9.17) is 4.74 Å². The molecular formula is C15H17IN2O3. The number of rotatable bonds is 6. The van der Waals surface area contributed by atoms with Crippen LogP contribution >= 0.6 is 22.6 Å². The molecule has 0 unspecified atom stereocenters. The molecular weight excluding hydrogens is 383 g/mol. The third-order valence-corrected chi connectivity index (χ3v) is 3.79. The fraction of sp³-hybridized carbons (Fsp3) is 0.333. The zero-order valence-corrected chi connectivity index (χ0v) is 14.1. The van der Waals surface area contributed by atoms with Gasteiger partial charge in [-0.15, -0.1) is 0 Å². The van der Waals surface area contributed by atoms with Gasteiger partial charge in [0.15, 0.2) is 0 Å². The van der Waals surface area contributed by atoms with Crippen molar-refractivity contribution in [2.75, 3.05) is 0 Å². The Morgan fingerprint density at radius 2 is 2.14 bits per heavy atom. The molecule has 1 heterocycles. The summed E-state index contributed by atoms with van der Waals surface area (Å²) in [4.78, 5) is 11.3. The SMILES string of the molecule is CCc1cc(COc2ccc(I)cc2C(=O)O)n(CC)n1. The highest BCUT2D eigenvalue weighted by molar-refractivity contribution is 14.1. The molecule has 1 N–H and O–H groups in total. The van der Waals surface area contributed by atoms with Gasteiger partial charge in [0, 0.05) is 10.1 Å². The Morgan fingerprint density at radius 3 is 2.76 bits per heavy atom. The number of carboxylic acid groups (broad SMARTS) is 1. The van der Waals surface area contributed by atoms with Crippen molar-refractivity contribution in [1.29, 1.82) is 0 Å². The average molecular weight is 400 g/mol. The molecule has 1 aromatic heterocycles. The molecule has 0 saturated heterocycles. The second-order valence-electron chi connectivity index (χ2n) is 4.53. The van der Waals surface area contributed by atoms with Crippen LogP contribution in [0.4, 0.5) is 0 Å². The summed E-state index contributed by atoms with van der Waals surface area (Å²) in [6.07, 6.45) is 0.865. The molecule has 0 saturated carbocycles. The van der Waals surface area contributed by atoms with Crippen LogP contribution in [0.15, 0.2) is 24.3 Å². The van der Waals surface area contributed by atoms with Crippen LogP contribution in [0, 0.1) is 3.57 Å². The van der Waals surface area contributed by atoms with Gasteiger partial charge in [0.1, 0.15) is 17.9 Å². The lowest BCUT2D eigenvalue weighted by molar-refractivity contribution is 0.0691. The van der Waals surface area contributed by atoms with Gasteiger partial charge < -0.3 is 9.84 Å². The van der Waals surface area contributed by atoms with Gasteiger partial charge in [-0.05, 0) is 60.2 Å². The number of ether oxygens (including phenoxy) is 1. The zero-order chi connectivity index (χ0) is 15.4. The first-order valence-corrected chi connectivity index (χ1v) is 7.84. The van der Waals surface area contributed by atoms with Crippen molar-refractivity contribution in [2.45, 2.75) is 33.4 Å². The van der Waals surface area contributed by atoms with Gasteiger partial charge in [-0.1, -0.05) is 6.92 Å². The second-order valence-corrected chi connectivity index (χ2v) is 5.78. The topological polar surface area (TPSA) is 64.3 Å². The molecule has 21 heavy (non-hydrogen) atoms. The maximum atomic E-state index is 11.3. The van der Waals surface area contributed by atoms with Crippen LogP contribution in [0.5, 0.6) is 5.75 Å². The van der Waals surface area contributed by atoms with E-state index in [1.807, 2.05) is 23.7 Å². The standard InChI is InChI=1S/C15H17IN2O3/c1-3-11-8-12(18(4-2)17-11)9-21-14-6-5-10(16)7-13(14)15(19)20/h5-8H,3-4,9H2,1-2H3,(H,19,20). The minimum atomic E-state index is -0.984. The maximum Gasteiger partial charge on any atom is 0.339 e. The van der Waals surface area contributed by atoms with Gasteiger partial charge in [0.2, 0.25) is 0 Å². The second kappa shape index (κ2) is 6.93. The molecule has 6 heteroatoms. The molecule has 0 aliphatic carbocycles. The monoisotopic (exact) mass is 400 g/mol. The maximum absolute atomic E-state index is 11.3. The van der Waals surface area contributed by atoms with Crippen LogP contribution in [-0.4, -0.2) is 20.9 Å². The summed E-state index contributed by atoms with van der Waals surface area (Å²) in [6.45, 7) is 5.14. The summed E-state index contributed by atoms with van der Waals surface area (Å²) in [5.74, 6) is -0.605. The van der Waals surface area contributed by atoms with Crippen LogP contribution in [0.3, 0.4) is 0 Å². The van der Waals surface area contributed by atoms with E-state index in [0.717, 1.165) is 27.9 Å². The van der Waals surface area contributed by atoms with E-state index in [1.54, 1.807) is 12.1 Å². The highest BCUT2D eigenvalue weighted by atomic mass is 127. The van der Waals surface area contributed by atoms with Gasteiger partial charge in [-0.25, -0.2) is 4.79 Å². The van der Waals surface area contributed by atoms with Crippen LogP contribution in [0.25, 0.3) is 0 Å². The molecule has 2 aromatic rings. The third-order valence-electron chi connectivity index (χ3n) is 3.12. The van der Waals surface area contributed by atoms with Crippen LogP contribution in [0.2, 0.25) is 0 Å². The summed E-state index contributed by atoms with van der Waals surface area (Å²) in [5, 5.41) is 13.7. The molecule has 5 nitrogen and oxygen atoms in total. The van der Waals surface area contributed by atoms with Gasteiger partial charge in [0.05, 0.1) is 11.4 Å². The molecule has 0 spiro atoms. The number of aromatic nitrogens is 2. The van der Waals surface area contributed by atoms with Crippen molar-refractivity contribution in [2.24, 2.45) is 0 Å². The number of hydrogen-bond donors (Lipinski definition) is 1. The normalized spacial score (nSPS) is 10.6. The predicted octanol–water partition coefficient (Wildman–Crippen LogP) is 3.35. The number of aromatic carboxylic acids is 1. The Kier molecular flexibility index (Phi) is 5.22. The summed E-state index contributed by atoms with van der Waals surface area (Å²) in [6, 6.07) is 7.12. The summed E-state index contributed by atoms with van der Waals surface area (Å²) in [5.41, 5.74) is 2.14. The van der Waals surface area contributed by atoms with Crippen molar-refractivity contribution < 1.29 is 14.6 Å². The molecule has 0 radical (unpaired) electrons. The van der Waals surface area contributed by atoms with Crippen LogP contribution < -0.4 is 4.74 Å². The molecule has 0 atom stereocenters. The Labute approximate surface area is 137 Å². The molecule has 0 fully saturated rings. The lowest BCUT2D eigenvalue weighted by Gasteiger charge is -2.10. The van der Waals surface area contributed by atoms with Crippen molar-refractivity contribution in [1.82, 2.24) is 9.78 Å². The van der Waals surface area contributed by atoms with Gasteiger partial charge in [-0.2, -0.15) is 5.10 Å². The first-order chi connectivity index (χ1) is 10.0. The van der Waals surface area contributed by atoms with Crippen LogP contribution in [0.1, 0.15) is 35.6 Å². The van der Waals surface area contributed by atoms with Gasteiger partial charge >= 0.3 is 5.97 Å². The van der Waals surface area contributed by atoms with E-state index in [-0.39, 0.29) is 5.56 Å². The van der Waals surface area contributed by atoms with E-state index < -0.39 is 5.97 Å². The summed E-state index contributed by atoms with van der Waals surface area (Å²) < 4.78 is 8.44. The van der Waals surface area contributed by atoms with Crippen molar-refractivity contribution in [3.63, 3.8) is 0 Å². The van der Waals surface area contributed by atoms with E-state index in [9.17, 15) is 9.90 Å². The minimum Gasteiger partial charge on any atom is -0.486 e. The highest BCUT2D eigenvalue weighted by Gasteiger charge is 2.13. The Bertz CT molecular complexity index is 652. The van der Waals surface area contributed by atoms with E-state index in [1.165, 1.54) is 0 Å². The molecule has 0 amide bonds. The molecule has 0 bridgehead atoms. The molecule has 1 aromatic carbocycles.